The van der Waals surface area contributed by atoms with Gasteiger partial charge in [-0.3, -0.25) is 0 Å². The second-order valence-electron chi connectivity index (χ2n) is 3.70. The molecule has 1 saturated carbocycles. The average Bonchev–Trinajstić information content (AvgIpc) is 2.47. The summed E-state index contributed by atoms with van der Waals surface area (Å²) < 4.78 is 5.46. The number of ether oxygens (including phenoxy) is 1. The Balaban J connectivity index is 2.08. The summed E-state index contributed by atoms with van der Waals surface area (Å²) in [5.74, 6) is 0. The zero-order chi connectivity index (χ0) is 8.86. The Morgan fingerprint density at radius 1 is 1.42 bits per heavy atom. The molecule has 0 heterocycles. The summed E-state index contributed by atoms with van der Waals surface area (Å²) in [6, 6.07) is 0. The first-order valence-electron chi connectivity index (χ1n) is 4.74. The molecule has 0 atom stereocenters. The average molecular weight is 169 g/mol. The van der Waals surface area contributed by atoms with Crippen molar-refractivity contribution >= 4 is 0 Å². The maximum absolute atomic E-state index is 6.09. The normalized spacial score (nSPS) is 21.1. The van der Waals surface area contributed by atoms with Crippen molar-refractivity contribution in [1.82, 2.24) is 0 Å². The second kappa shape index (κ2) is 4.63. The summed E-state index contributed by atoms with van der Waals surface area (Å²) in [6.45, 7) is 5.13. The lowest BCUT2D eigenvalue weighted by Gasteiger charge is -2.22. The van der Waals surface area contributed by atoms with Crippen LogP contribution in [0.4, 0.5) is 0 Å². The summed E-state index contributed by atoms with van der Waals surface area (Å²) in [7, 11) is 0. The molecule has 1 aliphatic carbocycles. The van der Waals surface area contributed by atoms with Gasteiger partial charge in [0.15, 0.2) is 0 Å². The Morgan fingerprint density at radius 2 is 2.08 bits per heavy atom. The van der Waals surface area contributed by atoms with E-state index in [1.54, 1.807) is 0 Å². The van der Waals surface area contributed by atoms with Gasteiger partial charge in [0.25, 0.3) is 0 Å². The molecule has 0 amide bonds. The Kier molecular flexibility index (Phi) is 3.76. The highest BCUT2D eigenvalue weighted by Gasteiger charge is 2.29. The quantitative estimate of drug-likeness (QED) is 0.503. The first kappa shape index (κ1) is 9.75. The molecule has 0 bridgehead atoms. The monoisotopic (exact) mass is 169 g/mol. The Labute approximate surface area is 74.8 Å². The van der Waals surface area contributed by atoms with Gasteiger partial charge >= 0.3 is 0 Å². The molecule has 0 saturated heterocycles. The number of nitrogens with two attached hydrogens (primary N) is 1. The van der Waals surface area contributed by atoms with Crippen LogP contribution in [0, 0.1) is 0 Å². The van der Waals surface area contributed by atoms with Crippen molar-refractivity contribution in [3.05, 3.63) is 12.7 Å². The largest absolute Gasteiger partial charge is 0.379 e. The van der Waals surface area contributed by atoms with Crippen LogP contribution in [-0.4, -0.2) is 18.8 Å². The van der Waals surface area contributed by atoms with Crippen molar-refractivity contribution in [2.45, 2.75) is 37.6 Å². The van der Waals surface area contributed by atoms with E-state index < -0.39 is 0 Å². The molecule has 1 aliphatic rings. The van der Waals surface area contributed by atoms with Gasteiger partial charge in [0.1, 0.15) is 0 Å². The molecule has 2 heteroatoms. The summed E-state index contributed by atoms with van der Waals surface area (Å²) in [4.78, 5) is 0. The highest BCUT2D eigenvalue weighted by atomic mass is 16.5. The van der Waals surface area contributed by atoms with Gasteiger partial charge in [-0.05, 0) is 19.3 Å². The molecule has 1 rings (SSSR count). The van der Waals surface area contributed by atoms with E-state index in [0.717, 1.165) is 32.5 Å². The van der Waals surface area contributed by atoms with Crippen LogP contribution in [-0.2, 0) is 4.74 Å². The molecule has 2 N–H and O–H groups in total. The fourth-order valence-electron chi connectivity index (χ4n) is 1.67. The number of rotatable bonds is 5. The minimum Gasteiger partial charge on any atom is -0.379 e. The predicted molar refractivity (Wildman–Crippen MR) is 51.0 cm³/mol. The van der Waals surface area contributed by atoms with Gasteiger partial charge in [-0.25, -0.2) is 0 Å². The van der Waals surface area contributed by atoms with Gasteiger partial charge in [0, 0.05) is 5.54 Å². The molecule has 0 aromatic rings. The van der Waals surface area contributed by atoms with Crippen LogP contribution in [0.25, 0.3) is 0 Å². The van der Waals surface area contributed by atoms with E-state index >= 15 is 0 Å². The number of hydrogen-bond acceptors (Lipinski definition) is 2. The Hall–Kier alpha value is -0.340. The molecule has 0 aliphatic heterocycles. The molecule has 0 spiro atoms. The minimum atomic E-state index is -0.0127. The lowest BCUT2D eigenvalue weighted by Crippen LogP contribution is -2.41. The van der Waals surface area contributed by atoms with E-state index in [1.165, 1.54) is 12.8 Å². The lowest BCUT2D eigenvalue weighted by molar-refractivity contribution is 0.0902. The molecule has 1 fully saturated rings. The second-order valence-corrected chi connectivity index (χ2v) is 3.70. The van der Waals surface area contributed by atoms with Gasteiger partial charge in [0.2, 0.25) is 0 Å². The molecule has 12 heavy (non-hydrogen) atoms. The van der Waals surface area contributed by atoms with Crippen molar-refractivity contribution in [2.24, 2.45) is 5.73 Å². The molecular formula is C10H19NO. The van der Waals surface area contributed by atoms with Gasteiger partial charge in [-0.15, -0.1) is 6.58 Å². The van der Waals surface area contributed by atoms with E-state index in [1.807, 2.05) is 6.08 Å². The summed E-state index contributed by atoms with van der Waals surface area (Å²) >= 11 is 0. The van der Waals surface area contributed by atoms with Crippen LogP contribution in [0.2, 0.25) is 0 Å². The van der Waals surface area contributed by atoms with Crippen molar-refractivity contribution in [3.63, 3.8) is 0 Å². The fraction of sp³-hybridized carbons (Fsp3) is 0.800. The number of hydrogen-bond donors (Lipinski definition) is 1. The molecule has 0 aromatic heterocycles. The van der Waals surface area contributed by atoms with E-state index in [9.17, 15) is 0 Å². The van der Waals surface area contributed by atoms with Crippen LogP contribution >= 0.6 is 0 Å². The molecule has 70 valence electrons. The van der Waals surface area contributed by atoms with Crippen LogP contribution in [0.1, 0.15) is 32.1 Å². The standard InChI is InChI=1S/C10H19NO/c1-2-3-8-12-9-10(11)6-4-5-7-10/h2H,1,3-9,11H2. The van der Waals surface area contributed by atoms with Crippen molar-refractivity contribution in [3.8, 4) is 0 Å². The van der Waals surface area contributed by atoms with E-state index in [0.29, 0.717) is 0 Å². The smallest absolute Gasteiger partial charge is 0.0646 e. The zero-order valence-corrected chi connectivity index (χ0v) is 7.72. The molecule has 0 unspecified atom stereocenters. The first-order valence-corrected chi connectivity index (χ1v) is 4.74. The maximum atomic E-state index is 6.09. The summed E-state index contributed by atoms with van der Waals surface area (Å²) in [6.07, 6.45) is 7.58. The van der Waals surface area contributed by atoms with Crippen LogP contribution in [0.5, 0.6) is 0 Å². The molecule has 0 radical (unpaired) electrons. The third kappa shape index (κ3) is 2.95. The fourth-order valence-corrected chi connectivity index (χ4v) is 1.67. The van der Waals surface area contributed by atoms with Gasteiger partial charge < -0.3 is 10.5 Å². The SMILES string of the molecule is C=CCCOCC1(N)CCCC1. The molecule has 0 aromatic carbocycles. The highest BCUT2D eigenvalue weighted by molar-refractivity contribution is 4.88. The molecule has 2 nitrogen and oxygen atoms in total. The first-order chi connectivity index (χ1) is 5.77. The minimum absolute atomic E-state index is 0.0127. The van der Waals surface area contributed by atoms with E-state index in [2.05, 4.69) is 6.58 Å². The third-order valence-corrected chi connectivity index (χ3v) is 2.46. The van der Waals surface area contributed by atoms with Gasteiger partial charge in [-0.1, -0.05) is 18.9 Å². The van der Waals surface area contributed by atoms with E-state index in [4.69, 9.17) is 10.5 Å². The van der Waals surface area contributed by atoms with Gasteiger partial charge in [-0.2, -0.15) is 0 Å². The third-order valence-electron chi connectivity index (χ3n) is 2.46. The van der Waals surface area contributed by atoms with E-state index in [-0.39, 0.29) is 5.54 Å². The maximum Gasteiger partial charge on any atom is 0.0646 e. The highest BCUT2D eigenvalue weighted by Crippen LogP contribution is 2.27. The molecular weight excluding hydrogens is 150 g/mol. The Bertz CT molecular complexity index is 139. The lowest BCUT2D eigenvalue weighted by atomic mass is 10.0. The topological polar surface area (TPSA) is 35.2 Å². The zero-order valence-electron chi connectivity index (χ0n) is 7.72. The van der Waals surface area contributed by atoms with Crippen molar-refractivity contribution in [2.75, 3.05) is 13.2 Å². The van der Waals surface area contributed by atoms with Gasteiger partial charge in [0.05, 0.1) is 13.2 Å². The Morgan fingerprint density at radius 3 is 2.67 bits per heavy atom. The van der Waals surface area contributed by atoms with Crippen LogP contribution < -0.4 is 5.73 Å². The van der Waals surface area contributed by atoms with Crippen LogP contribution in [0.3, 0.4) is 0 Å². The summed E-state index contributed by atoms with van der Waals surface area (Å²) in [5.41, 5.74) is 6.08. The van der Waals surface area contributed by atoms with Crippen LogP contribution in [0.15, 0.2) is 12.7 Å². The summed E-state index contributed by atoms with van der Waals surface area (Å²) in [5, 5.41) is 0. The van der Waals surface area contributed by atoms with Crippen molar-refractivity contribution < 1.29 is 4.74 Å². The van der Waals surface area contributed by atoms with Crippen molar-refractivity contribution in [1.29, 1.82) is 0 Å². The predicted octanol–water partition coefficient (Wildman–Crippen LogP) is 1.85.